The van der Waals surface area contributed by atoms with Crippen LogP contribution < -0.4 is 0 Å². The zero-order valence-corrected chi connectivity index (χ0v) is 14.3. The highest BCUT2D eigenvalue weighted by atomic mass is 35.5. The van der Waals surface area contributed by atoms with Crippen molar-refractivity contribution in [2.24, 2.45) is 0 Å². The van der Waals surface area contributed by atoms with Gasteiger partial charge in [-0.2, -0.15) is 0 Å². The Morgan fingerprint density at radius 1 is 1.13 bits per heavy atom. The highest BCUT2D eigenvalue weighted by Gasteiger charge is 2.37. The second-order valence-electron chi connectivity index (χ2n) is 6.93. The summed E-state index contributed by atoms with van der Waals surface area (Å²) >= 11 is 5.88. The van der Waals surface area contributed by atoms with Crippen LogP contribution in [-0.4, -0.2) is 59.1 Å². The molecule has 5 heteroatoms. The first kappa shape index (κ1) is 16.7. The molecule has 0 unspecified atom stereocenters. The fourth-order valence-electron chi connectivity index (χ4n) is 3.70. The molecule has 2 aliphatic heterocycles. The topological polar surface area (TPSA) is 43.8 Å². The van der Waals surface area contributed by atoms with Crippen molar-refractivity contribution in [2.75, 3.05) is 32.7 Å². The van der Waals surface area contributed by atoms with E-state index in [0.717, 1.165) is 38.0 Å². The molecule has 2 saturated heterocycles. The third-order valence-corrected chi connectivity index (χ3v) is 5.15. The van der Waals surface area contributed by atoms with Crippen molar-refractivity contribution in [2.45, 2.75) is 37.7 Å². The molecule has 23 heavy (non-hydrogen) atoms. The fraction of sp³-hybridized carbons (Fsp3) is 0.611. The zero-order valence-electron chi connectivity index (χ0n) is 13.5. The number of rotatable bonds is 4. The van der Waals surface area contributed by atoms with Gasteiger partial charge in [-0.1, -0.05) is 23.7 Å². The van der Waals surface area contributed by atoms with Crippen LogP contribution in [0, 0.1) is 0 Å². The number of aliphatic hydroxyl groups is 1. The fourth-order valence-corrected chi connectivity index (χ4v) is 3.83. The van der Waals surface area contributed by atoms with Crippen LogP contribution in [0.3, 0.4) is 0 Å². The van der Waals surface area contributed by atoms with Gasteiger partial charge < -0.3 is 14.9 Å². The van der Waals surface area contributed by atoms with Crippen molar-refractivity contribution in [3.63, 3.8) is 0 Å². The molecule has 0 aromatic heterocycles. The Bertz CT molecular complexity index is 542. The number of hydrogen-bond acceptors (Lipinski definition) is 3. The molecule has 1 aromatic rings. The van der Waals surface area contributed by atoms with Crippen LogP contribution in [0.5, 0.6) is 0 Å². The van der Waals surface area contributed by atoms with Crippen molar-refractivity contribution in [3.8, 4) is 0 Å². The normalized spacial score (nSPS) is 25.7. The second-order valence-corrected chi connectivity index (χ2v) is 7.37. The summed E-state index contributed by atoms with van der Waals surface area (Å²) in [6.07, 6.45) is 4.46. The maximum atomic E-state index is 12.5. The van der Waals surface area contributed by atoms with Gasteiger partial charge in [-0.25, -0.2) is 0 Å². The number of halogens is 1. The molecule has 1 atom stereocenters. The predicted octanol–water partition coefficient (Wildman–Crippen LogP) is 2.33. The standard InChI is InChI=1S/C18H25ClN2O2/c19-16-6-4-15(5-7-16)12-17(22)21-11-3-8-18(23,14-21)13-20-9-1-2-10-20/h4-7,23H,1-3,8-14H2/t18-/m0/s1. The molecule has 3 rings (SSSR count). The molecular weight excluding hydrogens is 312 g/mol. The van der Waals surface area contributed by atoms with E-state index in [1.165, 1.54) is 12.8 Å². The minimum atomic E-state index is -0.752. The van der Waals surface area contributed by atoms with Crippen molar-refractivity contribution in [1.82, 2.24) is 9.80 Å². The lowest BCUT2D eigenvalue weighted by molar-refractivity contribution is -0.138. The number of benzene rings is 1. The monoisotopic (exact) mass is 336 g/mol. The number of likely N-dealkylation sites (tertiary alicyclic amines) is 2. The Kier molecular flexibility index (Phi) is 5.24. The number of carbonyl (C=O) groups excluding carboxylic acids is 1. The van der Waals surface area contributed by atoms with E-state index in [9.17, 15) is 9.90 Å². The van der Waals surface area contributed by atoms with E-state index in [-0.39, 0.29) is 5.91 Å². The molecule has 1 N–H and O–H groups in total. The van der Waals surface area contributed by atoms with Gasteiger partial charge >= 0.3 is 0 Å². The van der Waals surface area contributed by atoms with Crippen LogP contribution in [-0.2, 0) is 11.2 Å². The molecule has 126 valence electrons. The Hall–Kier alpha value is -1.10. The Balaban J connectivity index is 1.58. The summed E-state index contributed by atoms with van der Waals surface area (Å²) in [5.41, 5.74) is 0.214. The SMILES string of the molecule is O=C(Cc1ccc(Cl)cc1)N1CCC[C@](O)(CN2CCCC2)C1. The summed E-state index contributed by atoms with van der Waals surface area (Å²) < 4.78 is 0. The quantitative estimate of drug-likeness (QED) is 0.917. The molecule has 0 radical (unpaired) electrons. The lowest BCUT2D eigenvalue weighted by Crippen LogP contribution is -2.55. The van der Waals surface area contributed by atoms with Crippen molar-refractivity contribution < 1.29 is 9.90 Å². The van der Waals surface area contributed by atoms with Crippen LogP contribution in [0.1, 0.15) is 31.2 Å². The molecule has 2 fully saturated rings. The summed E-state index contributed by atoms with van der Waals surface area (Å²) in [6, 6.07) is 7.40. The lowest BCUT2D eigenvalue weighted by atomic mass is 9.91. The second kappa shape index (κ2) is 7.20. The van der Waals surface area contributed by atoms with Crippen LogP contribution in [0.15, 0.2) is 24.3 Å². The number of β-amino-alcohol motifs (C(OH)–C–C–N with tert-alkyl or cyclic N) is 1. The van der Waals surface area contributed by atoms with Crippen LogP contribution >= 0.6 is 11.6 Å². The summed E-state index contributed by atoms with van der Waals surface area (Å²) in [6.45, 7) is 4.03. The first-order chi connectivity index (χ1) is 11.0. The maximum Gasteiger partial charge on any atom is 0.227 e. The van der Waals surface area contributed by atoms with Gasteiger partial charge in [0, 0.05) is 18.1 Å². The van der Waals surface area contributed by atoms with Crippen molar-refractivity contribution in [3.05, 3.63) is 34.9 Å². The third-order valence-electron chi connectivity index (χ3n) is 4.89. The van der Waals surface area contributed by atoms with E-state index in [4.69, 9.17) is 11.6 Å². The molecule has 4 nitrogen and oxygen atoms in total. The Morgan fingerprint density at radius 3 is 2.52 bits per heavy atom. The van der Waals surface area contributed by atoms with E-state index in [1.807, 2.05) is 29.2 Å². The lowest BCUT2D eigenvalue weighted by Gasteiger charge is -2.41. The van der Waals surface area contributed by atoms with Crippen LogP contribution in [0.25, 0.3) is 0 Å². The molecule has 0 bridgehead atoms. The molecule has 0 aliphatic carbocycles. The summed E-state index contributed by atoms with van der Waals surface area (Å²) in [7, 11) is 0. The van der Waals surface area contributed by atoms with Gasteiger partial charge in [0.25, 0.3) is 0 Å². The first-order valence-corrected chi connectivity index (χ1v) is 8.89. The molecule has 0 saturated carbocycles. The first-order valence-electron chi connectivity index (χ1n) is 8.51. The zero-order chi connectivity index (χ0) is 16.3. The van der Waals surface area contributed by atoms with Gasteiger partial charge in [0.05, 0.1) is 18.6 Å². The van der Waals surface area contributed by atoms with Gasteiger partial charge in [-0.15, -0.1) is 0 Å². The molecule has 0 spiro atoms. The number of carbonyl (C=O) groups is 1. The summed E-state index contributed by atoms with van der Waals surface area (Å²) in [5, 5.41) is 11.6. The number of nitrogens with zero attached hydrogens (tertiary/aromatic N) is 2. The minimum Gasteiger partial charge on any atom is -0.387 e. The molecular formula is C18H25ClN2O2. The smallest absolute Gasteiger partial charge is 0.227 e. The highest BCUT2D eigenvalue weighted by Crippen LogP contribution is 2.24. The molecule has 2 heterocycles. The van der Waals surface area contributed by atoms with E-state index in [2.05, 4.69) is 4.90 Å². The number of piperidine rings is 1. The molecule has 1 amide bonds. The molecule has 1 aromatic carbocycles. The Morgan fingerprint density at radius 2 is 1.83 bits per heavy atom. The van der Waals surface area contributed by atoms with Gasteiger partial charge in [0.1, 0.15) is 0 Å². The van der Waals surface area contributed by atoms with Crippen LogP contribution in [0.2, 0.25) is 5.02 Å². The summed E-state index contributed by atoms with van der Waals surface area (Å²) in [5.74, 6) is 0.0897. The van der Waals surface area contributed by atoms with Gasteiger partial charge in [0.2, 0.25) is 5.91 Å². The van der Waals surface area contributed by atoms with Gasteiger partial charge in [-0.3, -0.25) is 4.79 Å². The van der Waals surface area contributed by atoms with Crippen LogP contribution in [0.4, 0.5) is 0 Å². The number of hydrogen-bond donors (Lipinski definition) is 1. The molecule has 2 aliphatic rings. The van der Waals surface area contributed by atoms with Gasteiger partial charge in [0.15, 0.2) is 0 Å². The highest BCUT2D eigenvalue weighted by molar-refractivity contribution is 6.30. The largest absolute Gasteiger partial charge is 0.387 e. The Labute approximate surface area is 143 Å². The van der Waals surface area contributed by atoms with Gasteiger partial charge in [-0.05, 0) is 56.5 Å². The minimum absolute atomic E-state index is 0.0897. The van der Waals surface area contributed by atoms with Crippen molar-refractivity contribution >= 4 is 17.5 Å². The van der Waals surface area contributed by atoms with Crippen molar-refractivity contribution in [1.29, 1.82) is 0 Å². The van der Waals surface area contributed by atoms with E-state index in [0.29, 0.717) is 24.5 Å². The average Bonchev–Trinajstić information content (AvgIpc) is 3.02. The number of amides is 1. The van der Waals surface area contributed by atoms with E-state index in [1.54, 1.807) is 0 Å². The van der Waals surface area contributed by atoms with E-state index < -0.39 is 5.60 Å². The predicted molar refractivity (Wildman–Crippen MR) is 91.6 cm³/mol. The maximum absolute atomic E-state index is 12.5. The van der Waals surface area contributed by atoms with E-state index >= 15 is 0 Å². The summed E-state index contributed by atoms with van der Waals surface area (Å²) in [4.78, 5) is 16.7. The third kappa shape index (κ3) is 4.46. The average molecular weight is 337 g/mol.